The second-order valence-electron chi connectivity index (χ2n) is 19.6. The number of carbonyl (C=O) groups is 3. The molecule has 0 saturated heterocycles. The Bertz CT molecular complexity index is 3700. The SMILES string of the molecule is CC(=O)OOC(C)=O.Fc1ccc([C@@](Cc2ccccc2)(NCc2ccc(F)c(C(F)(F)F)c2)c2cc(F)cc(C(F)(F)F)c2)cc1.N[C@](Cc1ccccc1)(c1ccc(F)cc1)c1cc(F)cc(C(F)(F)F)c1.OCc1ccc(F)c(C(F)(F)F)c1.[B-]OC(C)=O.[Na+]. The Morgan fingerprint density at radius 3 is 1.17 bits per heavy atom. The third-order valence-corrected chi connectivity index (χ3v) is 12.7. The number of nitrogens with one attached hydrogen (secondary N) is 1. The number of hydrogen-bond donors (Lipinski definition) is 3. The van der Waals surface area contributed by atoms with Crippen molar-refractivity contribution in [2.45, 2.75) is 82.5 Å². The molecule has 29 heteroatoms. The molecule has 0 bridgehead atoms. The van der Waals surface area contributed by atoms with Gasteiger partial charge in [0.05, 0.1) is 39.9 Å². The summed E-state index contributed by atoms with van der Waals surface area (Å²) in [7, 11) is 4.32. The van der Waals surface area contributed by atoms with Gasteiger partial charge in [0.1, 0.15) is 34.9 Å². The molecular weight excluding hydrogens is 1280 g/mol. The second-order valence-corrected chi connectivity index (χ2v) is 19.6. The predicted octanol–water partition coefficient (Wildman–Crippen LogP) is 12.8. The molecule has 8 aromatic carbocycles. The van der Waals surface area contributed by atoms with Crippen LogP contribution in [-0.2, 0) is 90.6 Å². The molecule has 0 fully saturated rings. The molecule has 0 aliphatic rings. The minimum atomic E-state index is -4.98. The van der Waals surface area contributed by atoms with E-state index < -0.39 is 117 Å². The number of rotatable bonds is 12. The predicted molar refractivity (Wildman–Crippen MR) is 298 cm³/mol. The van der Waals surface area contributed by atoms with Crippen LogP contribution >= 0.6 is 0 Å². The number of halogens is 18. The first-order valence-corrected chi connectivity index (χ1v) is 26.3. The first-order valence-electron chi connectivity index (χ1n) is 26.3. The van der Waals surface area contributed by atoms with E-state index in [0.29, 0.717) is 47.5 Å². The molecule has 3 radical (unpaired) electrons. The third kappa shape index (κ3) is 24.7. The number of aliphatic hydroxyl groups is 1. The zero-order chi connectivity index (χ0) is 69.0. The van der Waals surface area contributed by atoms with Gasteiger partial charge in [-0.1, -0.05) is 97.1 Å². The molecule has 9 nitrogen and oxygen atoms in total. The Hall–Kier alpha value is -8.15. The Morgan fingerprint density at radius 1 is 0.419 bits per heavy atom. The maximum atomic E-state index is 14.6. The minimum Gasteiger partial charge on any atom is -0.793 e. The van der Waals surface area contributed by atoms with Gasteiger partial charge in [0, 0.05) is 27.3 Å². The summed E-state index contributed by atoms with van der Waals surface area (Å²) in [6.45, 7) is 2.60. The van der Waals surface area contributed by atoms with Crippen LogP contribution in [0.4, 0.5) is 79.0 Å². The van der Waals surface area contributed by atoms with E-state index in [1.165, 1.54) is 43.3 Å². The average Bonchev–Trinajstić information content (AvgIpc) is 0.778. The fourth-order valence-corrected chi connectivity index (χ4v) is 8.48. The molecule has 2 atom stereocenters. The normalized spacial score (nSPS) is 12.5. The van der Waals surface area contributed by atoms with Gasteiger partial charge in [0.2, 0.25) is 5.97 Å². The van der Waals surface area contributed by atoms with E-state index in [0.717, 1.165) is 67.9 Å². The van der Waals surface area contributed by atoms with Crippen molar-refractivity contribution in [1.29, 1.82) is 0 Å². The van der Waals surface area contributed by atoms with Gasteiger partial charge in [-0.3, -0.25) is 10.1 Å². The van der Waals surface area contributed by atoms with Crippen molar-refractivity contribution in [3.63, 3.8) is 0 Å². The van der Waals surface area contributed by atoms with Crippen LogP contribution in [0, 0.1) is 34.9 Å². The van der Waals surface area contributed by atoms with Crippen LogP contribution in [0.15, 0.2) is 182 Å². The molecule has 0 unspecified atom stereocenters. The summed E-state index contributed by atoms with van der Waals surface area (Å²) in [4.78, 5) is 36.8. The number of carbonyl (C=O) groups excluding carboxylic acids is 3. The smallest absolute Gasteiger partial charge is 0.793 e. The van der Waals surface area contributed by atoms with Crippen molar-refractivity contribution in [1.82, 2.24) is 5.32 Å². The van der Waals surface area contributed by atoms with E-state index in [1.807, 2.05) is 0 Å². The largest absolute Gasteiger partial charge is 1.00 e. The average molecular weight is 1340 g/mol. The molecule has 8 rings (SSSR count). The monoisotopic (exact) mass is 1340 g/mol. The van der Waals surface area contributed by atoms with Crippen LogP contribution < -0.4 is 40.6 Å². The topological polar surface area (TPSA) is 137 Å². The first-order chi connectivity index (χ1) is 42.8. The second kappa shape index (κ2) is 34.7. The van der Waals surface area contributed by atoms with Crippen molar-refractivity contribution in [3.8, 4) is 0 Å². The summed E-state index contributed by atoms with van der Waals surface area (Å²) in [6.07, 6.45) is -19.3. The van der Waals surface area contributed by atoms with Crippen molar-refractivity contribution in [2.24, 2.45) is 5.73 Å². The Morgan fingerprint density at radius 2 is 0.785 bits per heavy atom. The number of benzene rings is 8. The van der Waals surface area contributed by atoms with Gasteiger partial charge in [-0.25, -0.2) is 45.7 Å². The van der Waals surface area contributed by atoms with E-state index in [2.05, 4.69) is 27.8 Å². The zero-order valence-corrected chi connectivity index (χ0v) is 51.0. The molecule has 93 heavy (non-hydrogen) atoms. The maximum absolute atomic E-state index is 14.6. The summed E-state index contributed by atoms with van der Waals surface area (Å²) in [5.74, 6) is -7.94. The molecule has 0 aliphatic carbocycles. The van der Waals surface area contributed by atoms with Crippen molar-refractivity contribution >= 4 is 26.0 Å². The van der Waals surface area contributed by atoms with Crippen molar-refractivity contribution in [2.75, 3.05) is 0 Å². The number of hydrogen-bond acceptors (Lipinski definition) is 9. The van der Waals surface area contributed by atoms with Crippen LogP contribution in [-0.4, -0.2) is 31.1 Å². The van der Waals surface area contributed by atoms with Crippen molar-refractivity contribution < 1.29 is 143 Å². The quantitative estimate of drug-likeness (QED) is 0.0472. The molecule has 0 spiro atoms. The summed E-state index contributed by atoms with van der Waals surface area (Å²) in [5.41, 5.74) is -0.144. The Labute approximate surface area is 543 Å². The summed E-state index contributed by atoms with van der Waals surface area (Å²) in [6, 6.07) is 36.1. The molecule has 0 aromatic heterocycles. The Kier molecular flexibility index (Phi) is 29.5. The molecule has 0 amide bonds. The maximum Gasteiger partial charge on any atom is 1.00 e. The van der Waals surface area contributed by atoms with E-state index in [4.69, 9.17) is 10.8 Å². The summed E-state index contributed by atoms with van der Waals surface area (Å²) in [5, 5.41) is 11.5. The Balaban J connectivity index is 0.000000358. The zero-order valence-electron chi connectivity index (χ0n) is 49.0. The standard InChI is InChI=1S/C29H20F9N.C21H16F5N.C8H6F4O.C4H6O4.C2H3BO2.Na/c30-23-9-7-20(8-10-23)27(16-18-4-2-1-3-5-18,21-13-22(28(33,34)35)15-24(31)14-21)39-17-19-6-11-26(32)25(12-19)29(36,37)38;22-18-8-6-15(7-9-18)20(27,13-14-4-2-1-3-5-14)16-10-17(21(24,25)26)12-19(23)11-16;9-7-2-1-5(4-13)3-6(7)8(10,11)12;1-3(5)7-8-4(2)6;1-2(4)5-3;/h1-15,39H,16-17H2;1-12H,13,27H2;1-3,13H,4H2;1-2H3;1H3;/q;;;;-1;+1/t27-;20-;;;;/m11..../s1. The first kappa shape index (κ1) is 79.1. The summed E-state index contributed by atoms with van der Waals surface area (Å²) >= 11 is 0. The van der Waals surface area contributed by atoms with Crippen LogP contribution in [0.25, 0.3) is 0 Å². The number of alkyl halides is 12. The van der Waals surface area contributed by atoms with Crippen LogP contribution in [0.1, 0.15) is 87.5 Å². The molecule has 8 aromatic rings. The number of aliphatic hydroxyl groups excluding tert-OH is 1. The van der Waals surface area contributed by atoms with E-state index >= 15 is 0 Å². The van der Waals surface area contributed by atoms with Crippen molar-refractivity contribution in [3.05, 3.63) is 284 Å². The summed E-state index contributed by atoms with van der Waals surface area (Å²) < 4.78 is 243. The molecule has 0 aliphatic heterocycles. The van der Waals surface area contributed by atoms with Gasteiger partial charge in [-0.05, 0) is 142 Å². The molecule has 0 heterocycles. The number of nitrogens with two attached hydrogens (primary N) is 1. The van der Waals surface area contributed by atoms with Crippen LogP contribution in [0.5, 0.6) is 0 Å². The van der Waals surface area contributed by atoms with Gasteiger partial charge in [0.25, 0.3) is 0 Å². The molecule has 489 valence electrons. The van der Waals surface area contributed by atoms with Crippen LogP contribution in [0.3, 0.4) is 0 Å². The fourth-order valence-electron chi connectivity index (χ4n) is 8.48. The van der Waals surface area contributed by atoms with Gasteiger partial charge in [0.15, 0.2) is 0 Å². The van der Waals surface area contributed by atoms with Gasteiger partial charge in [-0.15, -0.1) is 0 Å². The van der Waals surface area contributed by atoms with Crippen LogP contribution in [0.2, 0.25) is 0 Å². The fraction of sp³-hybridized carbons (Fsp3) is 0.203. The van der Waals surface area contributed by atoms with E-state index in [1.54, 1.807) is 60.7 Å². The third-order valence-electron chi connectivity index (χ3n) is 12.7. The van der Waals surface area contributed by atoms with Gasteiger partial charge in [-0.2, -0.15) is 52.7 Å². The minimum absolute atomic E-state index is 0. The van der Waals surface area contributed by atoms with E-state index in [9.17, 15) is 93.4 Å². The van der Waals surface area contributed by atoms with E-state index in [-0.39, 0.29) is 76.8 Å². The molecular formula is C64H51BF18N2NaO7. The molecule has 0 saturated carbocycles. The molecule has 4 N–H and O–H groups in total. The van der Waals surface area contributed by atoms with Gasteiger partial charge >= 0.3 is 66.2 Å². The van der Waals surface area contributed by atoms with Gasteiger partial charge < -0.3 is 23.5 Å².